The smallest absolute Gasteiger partial charge is 0.254 e. The minimum Gasteiger partial charge on any atom is -0.396 e. The summed E-state index contributed by atoms with van der Waals surface area (Å²) in [7, 11) is 0. The number of pyridine rings is 1. The van der Waals surface area contributed by atoms with E-state index in [0.717, 1.165) is 43.5 Å². The largest absolute Gasteiger partial charge is 0.396 e. The standard InChI is InChI=1S/C14H20N2O2/c1-2-12-9-15-6-3-13(12)14(18)16-7-4-11(10-17)5-8-16/h3,6,9,11,17H,2,4-5,7-8,10H2,1H3. The lowest BCUT2D eigenvalue weighted by Crippen LogP contribution is -2.39. The van der Waals surface area contributed by atoms with Gasteiger partial charge in [-0.2, -0.15) is 0 Å². The Morgan fingerprint density at radius 3 is 2.83 bits per heavy atom. The Morgan fingerprint density at radius 2 is 2.22 bits per heavy atom. The molecule has 1 N–H and O–H groups in total. The molecule has 0 aliphatic carbocycles. The molecule has 0 bridgehead atoms. The van der Waals surface area contributed by atoms with Crippen molar-refractivity contribution in [1.29, 1.82) is 0 Å². The van der Waals surface area contributed by atoms with Gasteiger partial charge in [-0.15, -0.1) is 0 Å². The molecule has 1 aromatic rings. The van der Waals surface area contributed by atoms with Crippen LogP contribution in [0.2, 0.25) is 0 Å². The molecule has 2 heterocycles. The third-order valence-corrected chi connectivity index (χ3v) is 3.67. The molecule has 0 radical (unpaired) electrons. The van der Waals surface area contributed by atoms with Crippen LogP contribution in [0.15, 0.2) is 18.5 Å². The van der Waals surface area contributed by atoms with Crippen molar-refractivity contribution < 1.29 is 9.90 Å². The molecule has 2 rings (SSSR count). The summed E-state index contributed by atoms with van der Waals surface area (Å²) in [6, 6.07) is 1.80. The number of aliphatic hydroxyl groups excluding tert-OH is 1. The minimum absolute atomic E-state index is 0.102. The van der Waals surface area contributed by atoms with Gasteiger partial charge in [0.15, 0.2) is 0 Å². The van der Waals surface area contributed by atoms with E-state index in [1.165, 1.54) is 0 Å². The molecule has 1 aliphatic rings. The van der Waals surface area contributed by atoms with Crippen LogP contribution in [0.1, 0.15) is 35.7 Å². The van der Waals surface area contributed by atoms with E-state index in [2.05, 4.69) is 4.98 Å². The summed E-state index contributed by atoms with van der Waals surface area (Å²) in [5, 5.41) is 9.10. The molecular weight excluding hydrogens is 228 g/mol. The predicted molar refractivity (Wildman–Crippen MR) is 69.3 cm³/mol. The molecule has 0 aromatic carbocycles. The van der Waals surface area contributed by atoms with Gasteiger partial charge in [0.25, 0.3) is 5.91 Å². The minimum atomic E-state index is 0.102. The van der Waals surface area contributed by atoms with E-state index < -0.39 is 0 Å². The molecule has 1 fully saturated rings. The molecular formula is C14H20N2O2. The molecule has 4 nitrogen and oxygen atoms in total. The van der Waals surface area contributed by atoms with Crippen LogP contribution in [0.5, 0.6) is 0 Å². The maximum Gasteiger partial charge on any atom is 0.254 e. The van der Waals surface area contributed by atoms with Crippen molar-refractivity contribution in [2.24, 2.45) is 5.92 Å². The van der Waals surface area contributed by atoms with Gasteiger partial charge in [-0.3, -0.25) is 9.78 Å². The van der Waals surface area contributed by atoms with Crippen molar-refractivity contribution >= 4 is 5.91 Å². The third kappa shape index (κ3) is 2.70. The molecule has 1 aliphatic heterocycles. The van der Waals surface area contributed by atoms with Gasteiger partial charge in [-0.05, 0) is 36.8 Å². The summed E-state index contributed by atoms with van der Waals surface area (Å²) in [5.74, 6) is 0.461. The van der Waals surface area contributed by atoms with Crippen LogP contribution in [0.3, 0.4) is 0 Å². The monoisotopic (exact) mass is 248 g/mol. The number of amides is 1. The SMILES string of the molecule is CCc1cnccc1C(=O)N1CCC(CO)CC1. The lowest BCUT2D eigenvalue weighted by molar-refractivity contribution is 0.0649. The van der Waals surface area contributed by atoms with E-state index in [1.807, 2.05) is 11.8 Å². The lowest BCUT2D eigenvalue weighted by Gasteiger charge is -2.31. The highest BCUT2D eigenvalue weighted by atomic mass is 16.3. The highest BCUT2D eigenvalue weighted by molar-refractivity contribution is 5.95. The number of nitrogens with zero attached hydrogens (tertiary/aromatic N) is 2. The second-order valence-corrected chi connectivity index (χ2v) is 4.80. The number of aliphatic hydroxyl groups is 1. The van der Waals surface area contributed by atoms with E-state index in [0.29, 0.717) is 5.92 Å². The number of aromatic nitrogens is 1. The number of hydrogen-bond donors (Lipinski definition) is 1. The Morgan fingerprint density at radius 1 is 1.50 bits per heavy atom. The van der Waals surface area contributed by atoms with Gasteiger partial charge >= 0.3 is 0 Å². The van der Waals surface area contributed by atoms with Crippen molar-refractivity contribution in [3.8, 4) is 0 Å². The molecule has 0 saturated carbocycles. The zero-order valence-electron chi connectivity index (χ0n) is 10.8. The topological polar surface area (TPSA) is 53.4 Å². The van der Waals surface area contributed by atoms with Crippen LogP contribution in [-0.2, 0) is 6.42 Å². The predicted octanol–water partition coefficient (Wildman–Crippen LogP) is 1.49. The van der Waals surface area contributed by atoms with E-state index in [4.69, 9.17) is 5.11 Å². The maximum atomic E-state index is 12.4. The fourth-order valence-electron chi connectivity index (χ4n) is 2.41. The Bertz CT molecular complexity index is 412. The third-order valence-electron chi connectivity index (χ3n) is 3.67. The normalized spacial score (nSPS) is 16.9. The van der Waals surface area contributed by atoms with Crippen LogP contribution in [0.25, 0.3) is 0 Å². The van der Waals surface area contributed by atoms with Crippen LogP contribution < -0.4 is 0 Å². The Labute approximate surface area is 108 Å². The van der Waals surface area contributed by atoms with Crippen LogP contribution in [0.4, 0.5) is 0 Å². The Balaban J connectivity index is 2.08. The Kier molecular flexibility index (Phi) is 4.31. The number of aryl methyl sites for hydroxylation is 1. The van der Waals surface area contributed by atoms with Gasteiger partial charge in [0, 0.05) is 37.7 Å². The van der Waals surface area contributed by atoms with E-state index in [9.17, 15) is 4.79 Å². The van der Waals surface area contributed by atoms with Gasteiger partial charge in [-0.1, -0.05) is 6.92 Å². The summed E-state index contributed by atoms with van der Waals surface area (Å²) in [6.45, 7) is 3.76. The first-order valence-electron chi connectivity index (χ1n) is 6.59. The Hall–Kier alpha value is -1.42. The fourth-order valence-corrected chi connectivity index (χ4v) is 2.41. The van der Waals surface area contributed by atoms with Crippen molar-refractivity contribution in [2.75, 3.05) is 19.7 Å². The molecule has 0 unspecified atom stereocenters. The molecule has 98 valence electrons. The van der Waals surface area contributed by atoms with Crippen molar-refractivity contribution in [2.45, 2.75) is 26.2 Å². The molecule has 18 heavy (non-hydrogen) atoms. The molecule has 0 atom stereocenters. The molecule has 1 amide bonds. The average molecular weight is 248 g/mol. The summed E-state index contributed by atoms with van der Waals surface area (Å²) in [4.78, 5) is 18.4. The summed E-state index contributed by atoms with van der Waals surface area (Å²) >= 11 is 0. The summed E-state index contributed by atoms with van der Waals surface area (Å²) < 4.78 is 0. The van der Waals surface area contributed by atoms with Crippen molar-refractivity contribution in [3.05, 3.63) is 29.6 Å². The number of rotatable bonds is 3. The number of carbonyl (C=O) groups is 1. The van der Waals surface area contributed by atoms with Crippen molar-refractivity contribution in [3.63, 3.8) is 0 Å². The van der Waals surface area contributed by atoms with Gasteiger partial charge in [0.05, 0.1) is 0 Å². The van der Waals surface area contributed by atoms with Crippen LogP contribution >= 0.6 is 0 Å². The van der Waals surface area contributed by atoms with E-state index >= 15 is 0 Å². The zero-order valence-corrected chi connectivity index (χ0v) is 10.8. The first kappa shape index (κ1) is 13.0. The second-order valence-electron chi connectivity index (χ2n) is 4.80. The molecule has 1 aromatic heterocycles. The van der Waals surface area contributed by atoms with Gasteiger partial charge < -0.3 is 10.0 Å². The highest BCUT2D eigenvalue weighted by Crippen LogP contribution is 2.19. The average Bonchev–Trinajstić information content (AvgIpc) is 2.46. The van der Waals surface area contributed by atoms with Crippen LogP contribution in [-0.4, -0.2) is 40.6 Å². The summed E-state index contributed by atoms with van der Waals surface area (Å²) in [5.41, 5.74) is 1.78. The van der Waals surface area contributed by atoms with Crippen molar-refractivity contribution in [1.82, 2.24) is 9.88 Å². The van der Waals surface area contributed by atoms with Gasteiger partial charge in [0.1, 0.15) is 0 Å². The lowest BCUT2D eigenvalue weighted by atomic mass is 9.97. The van der Waals surface area contributed by atoms with Crippen LogP contribution in [0, 0.1) is 5.92 Å². The number of carbonyl (C=O) groups excluding carboxylic acids is 1. The zero-order chi connectivity index (χ0) is 13.0. The summed E-state index contributed by atoms with van der Waals surface area (Å²) in [6.07, 6.45) is 6.06. The number of likely N-dealkylation sites (tertiary alicyclic amines) is 1. The number of hydrogen-bond acceptors (Lipinski definition) is 3. The molecule has 1 saturated heterocycles. The first-order chi connectivity index (χ1) is 8.76. The molecule has 0 spiro atoms. The molecule has 4 heteroatoms. The maximum absolute atomic E-state index is 12.4. The fraction of sp³-hybridized carbons (Fsp3) is 0.571. The highest BCUT2D eigenvalue weighted by Gasteiger charge is 2.24. The van der Waals surface area contributed by atoms with E-state index in [-0.39, 0.29) is 12.5 Å². The van der Waals surface area contributed by atoms with Gasteiger partial charge in [0.2, 0.25) is 0 Å². The number of piperidine rings is 1. The first-order valence-corrected chi connectivity index (χ1v) is 6.59. The second kappa shape index (κ2) is 5.96. The van der Waals surface area contributed by atoms with Gasteiger partial charge in [-0.25, -0.2) is 0 Å². The quantitative estimate of drug-likeness (QED) is 0.881. The van der Waals surface area contributed by atoms with E-state index in [1.54, 1.807) is 18.5 Å².